The number of carbonyl (C=O) groups excluding carboxylic acids is 2. The van der Waals surface area contributed by atoms with Crippen LogP contribution in [0.5, 0.6) is 0 Å². The maximum atomic E-state index is 12.1. The Morgan fingerprint density at radius 2 is 2.09 bits per heavy atom. The minimum absolute atomic E-state index is 0.0566. The Kier molecular flexibility index (Phi) is 4.46. The van der Waals surface area contributed by atoms with E-state index in [9.17, 15) is 9.59 Å². The number of benzene rings is 1. The van der Waals surface area contributed by atoms with Gasteiger partial charge in [-0.15, -0.1) is 0 Å². The highest BCUT2D eigenvalue weighted by molar-refractivity contribution is 5.95. The van der Waals surface area contributed by atoms with E-state index in [4.69, 9.17) is 4.42 Å². The van der Waals surface area contributed by atoms with E-state index in [2.05, 4.69) is 5.32 Å². The molecule has 5 heteroatoms. The molecule has 0 aliphatic carbocycles. The van der Waals surface area contributed by atoms with Crippen molar-refractivity contribution < 1.29 is 14.0 Å². The lowest BCUT2D eigenvalue weighted by Gasteiger charge is -2.16. The summed E-state index contributed by atoms with van der Waals surface area (Å²) < 4.78 is 5.28. The molecule has 2 aromatic rings. The first-order chi connectivity index (χ1) is 11.1. The molecule has 1 aromatic heterocycles. The van der Waals surface area contributed by atoms with E-state index in [0.717, 1.165) is 30.0 Å². The Morgan fingerprint density at radius 3 is 2.70 bits per heavy atom. The van der Waals surface area contributed by atoms with E-state index in [0.29, 0.717) is 12.8 Å². The Bertz CT molecular complexity index is 677. The van der Waals surface area contributed by atoms with Gasteiger partial charge in [0.2, 0.25) is 11.8 Å². The summed E-state index contributed by atoms with van der Waals surface area (Å²) in [5.74, 6) is 0.850. The van der Waals surface area contributed by atoms with Crippen LogP contribution < -0.4 is 10.2 Å². The Labute approximate surface area is 135 Å². The van der Waals surface area contributed by atoms with Crippen LogP contribution in [0.4, 0.5) is 5.69 Å². The topological polar surface area (TPSA) is 62.6 Å². The van der Waals surface area contributed by atoms with Crippen LogP contribution in [-0.4, -0.2) is 18.4 Å². The smallest absolute Gasteiger partial charge is 0.227 e. The fourth-order valence-electron chi connectivity index (χ4n) is 2.80. The van der Waals surface area contributed by atoms with Gasteiger partial charge in [0, 0.05) is 18.7 Å². The normalized spacial score (nSPS) is 15.7. The van der Waals surface area contributed by atoms with Crippen LogP contribution in [0.2, 0.25) is 0 Å². The van der Waals surface area contributed by atoms with Crippen LogP contribution in [0.15, 0.2) is 47.1 Å². The highest BCUT2D eigenvalue weighted by Crippen LogP contribution is 2.21. The fourth-order valence-corrected chi connectivity index (χ4v) is 2.80. The quantitative estimate of drug-likeness (QED) is 0.923. The van der Waals surface area contributed by atoms with Crippen LogP contribution in [0.25, 0.3) is 0 Å². The van der Waals surface area contributed by atoms with E-state index in [1.807, 2.05) is 37.3 Å². The zero-order valence-corrected chi connectivity index (χ0v) is 13.1. The lowest BCUT2D eigenvalue weighted by molar-refractivity contribution is -0.121. The van der Waals surface area contributed by atoms with Crippen molar-refractivity contribution >= 4 is 17.5 Å². The van der Waals surface area contributed by atoms with Gasteiger partial charge in [0.15, 0.2) is 0 Å². The Hall–Kier alpha value is -2.56. The molecule has 1 atom stereocenters. The summed E-state index contributed by atoms with van der Waals surface area (Å²) in [6.45, 7) is 2.66. The highest BCUT2D eigenvalue weighted by Gasteiger charge is 2.21. The molecule has 1 N–H and O–H groups in total. The van der Waals surface area contributed by atoms with Gasteiger partial charge in [0.25, 0.3) is 0 Å². The van der Waals surface area contributed by atoms with Gasteiger partial charge in [-0.1, -0.05) is 12.1 Å². The maximum absolute atomic E-state index is 12.1. The van der Waals surface area contributed by atoms with Crippen molar-refractivity contribution in [2.75, 3.05) is 11.4 Å². The molecule has 1 saturated heterocycles. The van der Waals surface area contributed by atoms with Crippen molar-refractivity contribution in [3.63, 3.8) is 0 Å². The largest absolute Gasteiger partial charge is 0.467 e. The molecule has 1 aromatic carbocycles. The van der Waals surface area contributed by atoms with Gasteiger partial charge < -0.3 is 14.6 Å². The van der Waals surface area contributed by atoms with Crippen molar-refractivity contribution in [1.82, 2.24) is 5.32 Å². The molecule has 23 heavy (non-hydrogen) atoms. The van der Waals surface area contributed by atoms with Crippen LogP contribution in [-0.2, 0) is 16.0 Å². The number of amides is 2. The molecule has 0 saturated carbocycles. The van der Waals surface area contributed by atoms with E-state index in [1.165, 1.54) is 0 Å². The SMILES string of the molecule is CC(NC(=O)Cc1ccc(N2CCCC2=O)cc1)c1ccco1. The molecule has 1 aliphatic heterocycles. The molecule has 2 heterocycles. The van der Waals surface area contributed by atoms with E-state index in [-0.39, 0.29) is 17.9 Å². The van der Waals surface area contributed by atoms with Crippen LogP contribution in [0.1, 0.15) is 37.1 Å². The number of hydrogen-bond donors (Lipinski definition) is 1. The average molecular weight is 312 g/mol. The second-order valence-electron chi connectivity index (χ2n) is 5.80. The summed E-state index contributed by atoms with van der Waals surface area (Å²) in [7, 11) is 0. The Morgan fingerprint density at radius 1 is 1.30 bits per heavy atom. The van der Waals surface area contributed by atoms with Gasteiger partial charge in [-0.25, -0.2) is 0 Å². The highest BCUT2D eigenvalue weighted by atomic mass is 16.3. The second kappa shape index (κ2) is 6.69. The predicted octanol–water partition coefficient (Wildman–Crippen LogP) is 2.83. The van der Waals surface area contributed by atoms with Gasteiger partial charge in [0.05, 0.1) is 18.7 Å². The predicted molar refractivity (Wildman–Crippen MR) is 87.0 cm³/mol. The number of nitrogens with zero attached hydrogens (tertiary/aromatic N) is 1. The average Bonchev–Trinajstić information content (AvgIpc) is 3.19. The summed E-state index contributed by atoms with van der Waals surface area (Å²) in [4.78, 5) is 25.6. The van der Waals surface area contributed by atoms with E-state index >= 15 is 0 Å². The summed E-state index contributed by atoms with van der Waals surface area (Å²) in [6.07, 6.45) is 3.43. The first-order valence-corrected chi connectivity index (χ1v) is 7.85. The number of rotatable bonds is 5. The number of hydrogen-bond acceptors (Lipinski definition) is 3. The second-order valence-corrected chi connectivity index (χ2v) is 5.80. The molecule has 3 rings (SSSR count). The third-order valence-corrected chi connectivity index (χ3v) is 4.03. The van der Waals surface area contributed by atoms with Crippen molar-refractivity contribution in [3.05, 3.63) is 54.0 Å². The standard InChI is InChI=1S/C18H20N2O3/c1-13(16-4-3-11-23-16)19-17(21)12-14-6-8-15(9-7-14)20-10-2-5-18(20)22/h3-4,6-9,11,13H,2,5,10,12H2,1H3,(H,19,21). The minimum atomic E-state index is -0.154. The molecule has 120 valence electrons. The monoisotopic (exact) mass is 312 g/mol. The molecule has 1 aliphatic rings. The molecule has 5 nitrogen and oxygen atoms in total. The number of anilines is 1. The molecular weight excluding hydrogens is 292 g/mol. The van der Waals surface area contributed by atoms with Crippen molar-refractivity contribution in [2.45, 2.75) is 32.2 Å². The van der Waals surface area contributed by atoms with Crippen molar-refractivity contribution in [3.8, 4) is 0 Å². The molecule has 0 bridgehead atoms. The van der Waals surface area contributed by atoms with Gasteiger partial charge >= 0.3 is 0 Å². The summed E-state index contributed by atoms with van der Waals surface area (Å²) in [6, 6.07) is 11.1. The number of furan rings is 1. The first kappa shape index (κ1) is 15.3. The van der Waals surface area contributed by atoms with Crippen LogP contribution in [0.3, 0.4) is 0 Å². The van der Waals surface area contributed by atoms with Crippen molar-refractivity contribution in [1.29, 1.82) is 0 Å². The van der Waals surface area contributed by atoms with E-state index < -0.39 is 0 Å². The molecule has 0 spiro atoms. The van der Waals surface area contributed by atoms with Gasteiger partial charge in [-0.05, 0) is 43.2 Å². The third kappa shape index (κ3) is 3.62. The van der Waals surface area contributed by atoms with Crippen LogP contribution >= 0.6 is 0 Å². The lowest BCUT2D eigenvalue weighted by Crippen LogP contribution is -2.28. The molecule has 2 amide bonds. The van der Waals surface area contributed by atoms with E-state index in [1.54, 1.807) is 17.2 Å². The molecule has 1 fully saturated rings. The third-order valence-electron chi connectivity index (χ3n) is 4.03. The van der Waals surface area contributed by atoms with Crippen molar-refractivity contribution in [2.24, 2.45) is 0 Å². The van der Waals surface area contributed by atoms with Crippen LogP contribution in [0, 0.1) is 0 Å². The number of nitrogens with one attached hydrogen (secondary N) is 1. The molecule has 0 radical (unpaired) electrons. The Balaban J connectivity index is 1.57. The fraction of sp³-hybridized carbons (Fsp3) is 0.333. The summed E-state index contributed by atoms with van der Waals surface area (Å²) >= 11 is 0. The summed E-state index contributed by atoms with van der Waals surface area (Å²) in [5.41, 5.74) is 1.82. The lowest BCUT2D eigenvalue weighted by atomic mass is 10.1. The first-order valence-electron chi connectivity index (χ1n) is 7.85. The van der Waals surface area contributed by atoms with Gasteiger partial charge in [-0.3, -0.25) is 9.59 Å². The molecular formula is C18H20N2O3. The minimum Gasteiger partial charge on any atom is -0.467 e. The maximum Gasteiger partial charge on any atom is 0.227 e. The zero-order chi connectivity index (χ0) is 16.2. The zero-order valence-electron chi connectivity index (χ0n) is 13.1. The molecule has 1 unspecified atom stereocenters. The summed E-state index contributed by atoms with van der Waals surface area (Å²) in [5, 5.41) is 2.91. The van der Waals surface area contributed by atoms with Gasteiger partial charge in [0.1, 0.15) is 5.76 Å². The van der Waals surface area contributed by atoms with Gasteiger partial charge in [-0.2, -0.15) is 0 Å². The number of carbonyl (C=O) groups is 2.